The van der Waals surface area contributed by atoms with E-state index in [1.807, 2.05) is 37.4 Å². The predicted octanol–water partition coefficient (Wildman–Crippen LogP) is 5.65. The monoisotopic (exact) mass is 429 g/mol. The molecule has 2 atom stereocenters. The first kappa shape index (κ1) is 15.3. The molecule has 0 saturated heterocycles. The molecule has 2 aromatic carbocycles. The highest BCUT2D eigenvalue weighted by atomic mass is 79.9. The van der Waals surface area contributed by atoms with Gasteiger partial charge in [0.25, 0.3) is 0 Å². The largest absolute Gasteiger partial charge is 0.485 e. The summed E-state index contributed by atoms with van der Waals surface area (Å²) in [6.45, 7) is 0. The van der Waals surface area contributed by atoms with E-state index in [0.29, 0.717) is 5.02 Å². The SMILES string of the molecule is CNC1CC(c2ccc(Cl)c(Br)c2)Oc2cc(Br)ccc21. The average Bonchev–Trinajstić information content (AvgIpc) is 2.48. The zero-order chi connectivity index (χ0) is 15.0. The van der Waals surface area contributed by atoms with E-state index in [0.717, 1.165) is 26.7 Å². The quantitative estimate of drug-likeness (QED) is 0.664. The van der Waals surface area contributed by atoms with Gasteiger partial charge in [-0.2, -0.15) is 0 Å². The van der Waals surface area contributed by atoms with Crippen LogP contribution in [0.3, 0.4) is 0 Å². The molecule has 5 heteroatoms. The smallest absolute Gasteiger partial charge is 0.126 e. The van der Waals surface area contributed by atoms with E-state index in [1.54, 1.807) is 0 Å². The lowest BCUT2D eigenvalue weighted by molar-refractivity contribution is 0.153. The van der Waals surface area contributed by atoms with Crippen molar-refractivity contribution in [1.29, 1.82) is 0 Å². The number of rotatable bonds is 2. The van der Waals surface area contributed by atoms with Crippen molar-refractivity contribution in [2.45, 2.75) is 18.6 Å². The first-order chi connectivity index (χ1) is 10.1. The summed E-state index contributed by atoms with van der Waals surface area (Å²) >= 11 is 13.1. The van der Waals surface area contributed by atoms with Crippen LogP contribution in [0.5, 0.6) is 5.75 Å². The maximum atomic E-state index is 6.19. The minimum atomic E-state index is 0.0119. The Morgan fingerprint density at radius 2 is 2.00 bits per heavy atom. The Kier molecular flexibility index (Phi) is 4.60. The van der Waals surface area contributed by atoms with E-state index < -0.39 is 0 Å². The normalized spacial score (nSPS) is 20.8. The van der Waals surface area contributed by atoms with Gasteiger partial charge < -0.3 is 10.1 Å². The molecule has 0 radical (unpaired) electrons. The maximum absolute atomic E-state index is 6.19. The van der Waals surface area contributed by atoms with Crippen molar-refractivity contribution in [1.82, 2.24) is 5.32 Å². The molecule has 1 N–H and O–H groups in total. The molecule has 0 aliphatic carbocycles. The number of fused-ring (bicyclic) bond motifs is 1. The van der Waals surface area contributed by atoms with Crippen LogP contribution in [0.2, 0.25) is 5.02 Å². The van der Waals surface area contributed by atoms with Crippen molar-refractivity contribution in [2.75, 3.05) is 7.05 Å². The number of hydrogen-bond donors (Lipinski definition) is 1. The number of nitrogens with one attached hydrogen (secondary N) is 1. The lowest BCUT2D eigenvalue weighted by Gasteiger charge is -2.32. The Morgan fingerprint density at radius 3 is 2.71 bits per heavy atom. The summed E-state index contributed by atoms with van der Waals surface area (Å²) in [6.07, 6.45) is 0.900. The molecule has 0 amide bonds. The fraction of sp³-hybridized carbons (Fsp3) is 0.250. The van der Waals surface area contributed by atoms with Gasteiger partial charge in [-0.3, -0.25) is 0 Å². The predicted molar refractivity (Wildman–Crippen MR) is 93.1 cm³/mol. The summed E-state index contributed by atoms with van der Waals surface area (Å²) in [7, 11) is 1.98. The van der Waals surface area contributed by atoms with Crippen LogP contribution in [0.25, 0.3) is 0 Å². The van der Waals surface area contributed by atoms with Gasteiger partial charge >= 0.3 is 0 Å². The zero-order valence-corrected chi connectivity index (χ0v) is 15.3. The summed E-state index contributed by atoms with van der Waals surface area (Å²) < 4.78 is 8.11. The molecule has 1 aliphatic rings. The molecule has 0 fully saturated rings. The van der Waals surface area contributed by atoms with Crippen molar-refractivity contribution >= 4 is 43.5 Å². The molecule has 3 rings (SSSR count). The van der Waals surface area contributed by atoms with Gasteiger partial charge in [0.15, 0.2) is 0 Å². The summed E-state index contributed by atoms with van der Waals surface area (Å²) in [4.78, 5) is 0. The third kappa shape index (κ3) is 3.14. The van der Waals surface area contributed by atoms with Crippen LogP contribution in [0, 0.1) is 0 Å². The van der Waals surface area contributed by atoms with E-state index in [2.05, 4.69) is 43.2 Å². The third-order valence-corrected chi connectivity index (χ3v) is 5.44. The topological polar surface area (TPSA) is 21.3 Å². The van der Waals surface area contributed by atoms with Crippen LogP contribution < -0.4 is 10.1 Å². The first-order valence-electron chi connectivity index (χ1n) is 6.67. The summed E-state index contributed by atoms with van der Waals surface area (Å²) in [5, 5.41) is 4.08. The average molecular weight is 432 g/mol. The van der Waals surface area contributed by atoms with Crippen LogP contribution in [0.1, 0.15) is 29.7 Å². The minimum absolute atomic E-state index is 0.0119. The number of benzene rings is 2. The van der Waals surface area contributed by atoms with Crippen LogP contribution in [-0.2, 0) is 0 Å². The Balaban J connectivity index is 1.97. The highest BCUT2D eigenvalue weighted by molar-refractivity contribution is 9.10. The summed E-state index contributed by atoms with van der Waals surface area (Å²) in [5.74, 6) is 0.922. The Morgan fingerprint density at radius 1 is 1.19 bits per heavy atom. The van der Waals surface area contributed by atoms with E-state index >= 15 is 0 Å². The second kappa shape index (κ2) is 6.29. The Bertz CT molecular complexity index is 677. The van der Waals surface area contributed by atoms with Gasteiger partial charge in [0.2, 0.25) is 0 Å². The fourth-order valence-electron chi connectivity index (χ4n) is 2.63. The molecule has 0 aromatic heterocycles. The third-order valence-electron chi connectivity index (χ3n) is 3.73. The molecule has 2 unspecified atom stereocenters. The molecule has 0 spiro atoms. The van der Waals surface area contributed by atoms with Gasteiger partial charge in [0.05, 0.1) is 5.02 Å². The Hall–Kier alpha value is -0.550. The van der Waals surface area contributed by atoms with Crippen molar-refractivity contribution in [3.05, 3.63) is 61.5 Å². The molecule has 2 aromatic rings. The number of hydrogen-bond acceptors (Lipinski definition) is 2. The van der Waals surface area contributed by atoms with E-state index in [4.69, 9.17) is 16.3 Å². The van der Waals surface area contributed by atoms with Crippen LogP contribution >= 0.6 is 43.5 Å². The number of halogens is 3. The van der Waals surface area contributed by atoms with E-state index in [9.17, 15) is 0 Å². The highest BCUT2D eigenvalue weighted by Gasteiger charge is 2.28. The second-order valence-electron chi connectivity index (χ2n) is 5.04. The van der Waals surface area contributed by atoms with Crippen molar-refractivity contribution in [3.63, 3.8) is 0 Å². The van der Waals surface area contributed by atoms with Crippen molar-refractivity contribution in [2.24, 2.45) is 0 Å². The van der Waals surface area contributed by atoms with Gasteiger partial charge in [-0.1, -0.05) is 39.7 Å². The zero-order valence-electron chi connectivity index (χ0n) is 11.4. The lowest BCUT2D eigenvalue weighted by Crippen LogP contribution is -2.26. The highest BCUT2D eigenvalue weighted by Crippen LogP contribution is 2.42. The van der Waals surface area contributed by atoms with Gasteiger partial charge in [-0.15, -0.1) is 0 Å². The van der Waals surface area contributed by atoms with Crippen LogP contribution in [-0.4, -0.2) is 7.05 Å². The van der Waals surface area contributed by atoms with E-state index in [1.165, 1.54) is 5.56 Å². The molecule has 21 heavy (non-hydrogen) atoms. The molecular formula is C16H14Br2ClNO. The Labute approximate surface area is 146 Å². The molecule has 110 valence electrons. The lowest BCUT2D eigenvalue weighted by atomic mass is 9.93. The van der Waals surface area contributed by atoms with Gasteiger partial charge in [0.1, 0.15) is 11.9 Å². The molecule has 1 heterocycles. The van der Waals surface area contributed by atoms with E-state index in [-0.39, 0.29) is 12.1 Å². The van der Waals surface area contributed by atoms with Gasteiger partial charge in [0, 0.05) is 27.0 Å². The minimum Gasteiger partial charge on any atom is -0.485 e. The fourth-order valence-corrected chi connectivity index (χ4v) is 3.48. The van der Waals surface area contributed by atoms with Crippen molar-refractivity contribution < 1.29 is 4.74 Å². The number of ether oxygens (including phenoxy) is 1. The molecule has 1 aliphatic heterocycles. The van der Waals surface area contributed by atoms with Crippen LogP contribution in [0.15, 0.2) is 45.3 Å². The van der Waals surface area contributed by atoms with Gasteiger partial charge in [-0.05, 0) is 52.8 Å². The summed E-state index contributed by atoms with van der Waals surface area (Å²) in [5.41, 5.74) is 2.32. The molecule has 2 nitrogen and oxygen atoms in total. The van der Waals surface area contributed by atoms with Gasteiger partial charge in [-0.25, -0.2) is 0 Å². The maximum Gasteiger partial charge on any atom is 0.126 e. The van der Waals surface area contributed by atoms with Crippen molar-refractivity contribution in [3.8, 4) is 5.75 Å². The second-order valence-corrected chi connectivity index (χ2v) is 7.22. The molecular weight excluding hydrogens is 417 g/mol. The first-order valence-corrected chi connectivity index (χ1v) is 8.63. The summed E-state index contributed by atoms with van der Waals surface area (Å²) in [6, 6.07) is 12.4. The standard InChI is InChI=1S/C16H14Br2ClNO/c1-20-14-8-15(9-2-5-13(19)12(18)6-9)21-16-7-10(17)3-4-11(14)16/h2-7,14-15,20H,8H2,1H3. The molecule has 0 bridgehead atoms. The van der Waals surface area contributed by atoms with Crippen LogP contribution in [0.4, 0.5) is 0 Å². The molecule has 0 saturated carbocycles.